The highest BCUT2D eigenvalue weighted by Crippen LogP contribution is 2.43. The van der Waals surface area contributed by atoms with E-state index in [0.29, 0.717) is 36.4 Å². The molecule has 3 fully saturated rings. The summed E-state index contributed by atoms with van der Waals surface area (Å²) in [6, 6.07) is 4.48. The summed E-state index contributed by atoms with van der Waals surface area (Å²) in [7, 11) is 0. The average molecular weight is 465 g/mol. The molecule has 0 saturated carbocycles. The van der Waals surface area contributed by atoms with Gasteiger partial charge in [-0.25, -0.2) is 0 Å². The van der Waals surface area contributed by atoms with Crippen molar-refractivity contribution in [3.05, 3.63) is 47.5 Å². The van der Waals surface area contributed by atoms with Crippen LogP contribution in [0.1, 0.15) is 66.6 Å². The highest BCUT2D eigenvalue weighted by atomic mass is 16.2. The maximum Gasteiger partial charge on any atom is 0.255 e. The number of aromatic nitrogens is 3. The summed E-state index contributed by atoms with van der Waals surface area (Å²) in [5, 5.41) is 9.93. The molecule has 0 spiro atoms. The van der Waals surface area contributed by atoms with Gasteiger partial charge in [-0.1, -0.05) is 0 Å². The Kier molecular flexibility index (Phi) is 6.94. The summed E-state index contributed by atoms with van der Waals surface area (Å²) in [5.41, 5.74) is 2.66. The zero-order chi connectivity index (χ0) is 23.5. The van der Waals surface area contributed by atoms with Gasteiger partial charge in [-0.05, 0) is 82.5 Å². The second-order valence-electron chi connectivity index (χ2n) is 10.2. The molecule has 0 unspecified atom stereocenters. The Morgan fingerprint density at radius 3 is 2.82 bits per heavy atom. The molecular formula is C26H36N6O2. The predicted octanol–water partition coefficient (Wildman–Crippen LogP) is 2.91. The first-order chi connectivity index (χ1) is 16.6. The first-order valence-electron chi connectivity index (χ1n) is 12.8. The van der Waals surface area contributed by atoms with E-state index in [1.807, 2.05) is 19.1 Å². The van der Waals surface area contributed by atoms with E-state index in [2.05, 4.69) is 30.3 Å². The fraction of sp³-hybridized carbons (Fsp3) is 0.615. The van der Waals surface area contributed by atoms with Crippen molar-refractivity contribution in [2.45, 2.75) is 70.5 Å². The smallest absolute Gasteiger partial charge is 0.255 e. The van der Waals surface area contributed by atoms with Crippen molar-refractivity contribution in [2.75, 3.05) is 19.6 Å². The lowest BCUT2D eigenvalue weighted by Gasteiger charge is -2.57. The number of nitrogens with zero attached hydrogens (tertiary/aromatic N) is 4. The number of aromatic amines is 1. The lowest BCUT2D eigenvalue weighted by molar-refractivity contribution is -0.121. The van der Waals surface area contributed by atoms with E-state index in [1.54, 1.807) is 18.6 Å². The SMILES string of the molecule is Cc1[nH]ncc1CNC(=O)CCC[C@@H]1[C@H]2CCCN3CCC[C@@H](CN1C(=O)c1cccnc1)[C@@H]23. The summed E-state index contributed by atoms with van der Waals surface area (Å²) < 4.78 is 0. The van der Waals surface area contributed by atoms with Crippen molar-refractivity contribution in [3.8, 4) is 0 Å². The average Bonchev–Trinajstić information content (AvgIpc) is 3.28. The number of hydrogen-bond acceptors (Lipinski definition) is 5. The van der Waals surface area contributed by atoms with Crippen LogP contribution in [0.3, 0.4) is 0 Å². The fourth-order valence-electron chi connectivity index (χ4n) is 6.56. The molecule has 3 aliphatic rings. The first-order valence-corrected chi connectivity index (χ1v) is 12.8. The van der Waals surface area contributed by atoms with E-state index in [0.717, 1.165) is 30.6 Å². The van der Waals surface area contributed by atoms with Crippen LogP contribution in [0, 0.1) is 18.8 Å². The molecule has 182 valence electrons. The zero-order valence-electron chi connectivity index (χ0n) is 20.1. The van der Waals surface area contributed by atoms with Crippen molar-refractivity contribution in [1.82, 2.24) is 30.3 Å². The third kappa shape index (κ3) is 4.73. The van der Waals surface area contributed by atoms with Crippen LogP contribution in [0.2, 0.25) is 0 Å². The van der Waals surface area contributed by atoms with Gasteiger partial charge >= 0.3 is 0 Å². The minimum Gasteiger partial charge on any atom is -0.352 e. The maximum absolute atomic E-state index is 13.6. The molecular weight excluding hydrogens is 428 g/mol. The molecule has 2 aromatic heterocycles. The van der Waals surface area contributed by atoms with Crippen LogP contribution in [0.4, 0.5) is 0 Å². The van der Waals surface area contributed by atoms with E-state index < -0.39 is 0 Å². The molecule has 34 heavy (non-hydrogen) atoms. The van der Waals surface area contributed by atoms with Crippen LogP contribution in [0.25, 0.3) is 0 Å². The van der Waals surface area contributed by atoms with E-state index in [4.69, 9.17) is 0 Å². The molecule has 8 nitrogen and oxygen atoms in total. The van der Waals surface area contributed by atoms with Crippen LogP contribution < -0.4 is 5.32 Å². The van der Waals surface area contributed by atoms with E-state index in [-0.39, 0.29) is 17.9 Å². The number of likely N-dealkylation sites (tertiary alicyclic amines) is 1. The summed E-state index contributed by atoms with van der Waals surface area (Å²) in [6.45, 7) is 5.66. The number of H-pyrrole nitrogens is 1. The molecule has 3 saturated heterocycles. The summed E-state index contributed by atoms with van der Waals surface area (Å²) in [6.07, 6.45) is 12.1. The molecule has 2 aromatic rings. The fourth-order valence-corrected chi connectivity index (χ4v) is 6.56. The number of amides is 2. The first kappa shape index (κ1) is 23.0. The summed E-state index contributed by atoms with van der Waals surface area (Å²) >= 11 is 0. The molecule has 0 aliphatic carbocycles. The van der Waals surface area contributed by atoms with Gasteiger partial charge in [-0.15, -0.1) is 0 Å². The molecule has 0 bridgehead atoms. The Labute approximate surface area is 201 Å². The second kappa shape index (κ2) is 10.3. The molecule has 0 aromatic carbocycles. The number of rotatable bonds is 7. The van der Waals surface area contributed by atoms with Crippen LogP contribution in [0.15, 0.2) is 30.7 Å². The molecule has 2 amide bonds. The van der Waals surface area contributed by atoms with Gasteiger partial charge in [0.2, 0.25) is 5.91 Å². The van der Waals surface area contributed by atoms with Crippen LogP contribution in [-0.4, -0.2) is 68.5 Å². The number of nitrogens with one attached hydrogen (secondary N) is 2. The predicted molar refractivity (Wildman–Crippen MR) is 129 cm³/mol. The van der Waals surface area contributed by atoms with Gasteiger partial charge in [0.25, 0.3) is 5.91 Å². The van der Waals surface area contributed by atoms with Gasteiger partial charge in [0.05, 0.1) is 11.8 Å². The van der Waals surface area contributed by atoms with Crippen molar-refractivity contribution in [2.24, 2.45) is 11.8 Å². The van der Waals surface area contributed by atoms with E-state index >= 15 is 0 Å². The molecule has 5 heterocycles. The largest absolute Gasteiger partial charge is 0.352 e. The number of piperidine rings is 3. The lowest BCUT2D eigenvalue weighted by atomic mass is 9.69. The topological polar surface area (TPSA) is 94.2 Å². The van der Waals surface area contributed by atoms with Crippen molar-refractivity contribution >= 4 is 11.8 Å². The molecule has 0 radical (unpaired) electrons. The monoisotopic (exact) mass is 464 g/mol. The Bertz CT molecular complexity index is 990. The number of carbonyl (C=O) groups excluding carboxylic acids is 2. The Morgan fingerprint density at radius 1 is 1.21 bits per heavy atom. The molecule has 2 N–H and O–H groups in total. The third-order valence-electron chi connectivity index (χ3n) is 8.16. The zero-order valence-corrected chi connectivity index (χ0v) is 20.1. The number of carbonyl (C=O) groups is 2. The molecule has 3 aliphatic heterocycles. The highest BCUT2D eigenvalue weighted by molar-refractivity contribution is 5.94. The van der Waals surface area contributed by atoms with E-state index in [9.17, 15) is 9.59 Å². The van der Waals surface area contributed by atoms with Crippen molar-refractivity contribution in [1.29, 1.82) is 0 Å². The number of hydrogen-bond donors (Lipinski definition) is 2. The molecule has 8 heteroatoms. The van der Waals surface area contributed by atoms with Crippen molar-refractivity contribution in [3.63, 3.8) is 0 Å². The third-order valence-corrected chi connectivity index (χ3v) is 8.16. The van der Waals surface area contributed by atoms with E-state index in [1.165, 1.54) is 38.8 Å². The quantitative estimate of drug-likeness (QED) is 0.657. The Morgan fingerprint density at radius 2 is 2.06 bits per heavy atom. The van der Waals surface area contributed by atoms with Gasteiger partial charge in [-0.2, -0.15) is 5.10 Å². The number of aryl methyl sites for hydroxylation is 1. The standard InChI is InChI=1S/C26H36N6O2/c1-18-21(16-29-30-18)15-28-24(33)10-2-9-23-22-8-5-13-31-12-4-7-20(25(22)31)17-32(23)26(34)19-6-3-11-27-14-19/h3,6,11,14,16,20,22-23,25H,2,4-5,7-10,12-13,15,17H2,1H3,(H,28,33)(H,29,30)/t20-,22+,23+,25-/m0/s1. The van der Waals surface area contributed by atoms with Gasteiger partial charge in [0, 0.05) is 55.2 Å². The van der Waals surface area contributed by atoms with Gasteiger partial charge in [0.15, 0.2) is 0 Å². The second-order valence-corrected chi connectivity index (χ2v) is 10.2. The molecule has 5 rings (SSSR count). The molecule has 4 atom stereocenters. The van der Waals surface area contributed by atoms with Crippen molar-refractivity contribution < 1.29 is 9.59 Å². The van der Waals surface area contributed by atoms with Crippen LogP contribution >= 0.6 is 0 Å². The maximum atomic E-state index is 13.6. The summed E-state index contributed by atoms with van der Waals surface area (Å²) in [5.74, 6) is 1.20. The summed E-state index contributed by atoms with van der Waals surface area (Å²) in [4.78, 5) is 35.2. The van der Waals surface area contributed by atoms with Crippen LogP contribution in [0.5, 0.6) is 0 Å². The van der Waals surface area contributed by atoms with Gasteiger partial charge in [0.1, 0.15) is 0 Å². The normalized spacial score (nSPS) is 26.7. The number of pyridine rings is 1. The van der Waals surface area contributed by atoms with Gasteiger partial charge in [-0.3, -0.25) is 24.6 Å². The van der Waals surface area contributed by atoms with Gasteiger partial charge < -0.3 is 10.2 Å². The Hall–Kier alpha value is -2.74. The Balaban J connectivity index is 1.27. The minimum absolute atomic E-state index is 0.0577. The minimum atomic E-state index is 0.0577. The lowest BCUT2D eigenvalue weighted by Crippen LogP contribution is -2.65. The van der Waals surface area contributed by atoms with Crippen LogP contribution in [-0.2, 0) is 11.3 Å². The highest BCUT2D eigenvalue weighted by Gasteiger charge is 2.49.